The van der Waals surface area contributed by atoms with Crippen molar-refractivity contribution in [1.82, 2.24) is 20.4 Å². The third kappa shape index (κ3) is 5.52. The fourth-order valence-corrected chi connectivity index (χ4v) is 3.41. The third-order valence-corrected chi connectivity index (χ3v) is 5.15. The molecular weight excluding hydrogens is 384 g/mol. The van der Waals surface area contributed by atoms with Gasteiger partial charge in [0.05, 0.1) is 30.7 Å². The van der Waals surface area contributed by atoms with Crippen molar-refractivity contribution in [3.8, 4) is 17.0 Å². The third-order valence-electron chi connectivity index (χ3n) is 5.15. The Bertz CT molecular complexity index is 826. The van der Waals surface area contributed by atoms with Gasteiger partial charge in [-0.25, -0.2) is 4.79 Å². The molecule has 2 amide bonds. The molecule has 2 aromatic rings. The molecule has 0 unspecified atom stereocenters. The SMILES string of the molecule is CCCCOc1ccc(-c2[nH]ncc2C(=O)NC2CCN(C(=O)OCC)CC2)cc1. The van der Waals surface area contributed by atoms with Crippen LogP contribution in [-0.2, 0) is 4.74 Å². The molecule has 0 bridgehead atoms. The van der Waals surface area contributed by atoms with Crippen LogP contribution in [0.25, 0.3) is 11.3 Å². The molecule has 2 heterocycles. The topological polar surface area (TPSA) is 96.5 Å². The van der Waals surface area contributed by atoms with Crippen LogP contribution in [0.15, 0.2) is 30.5 Å². The summed E-state index contributed by atoms with van der Waals surface area (Å²) in [6.45, 7) is 6.12. The highest BCUT2D eigenvalue weighted by atomic mass is 16.6. The van der Waals surface area contributed by atoms with E-state index in [2.05, 4.69) is 22.4 Å². The van der Waals surface area contributed by atoms with Crippen LogP contribution in [0.3, 0.4) is 0 Å². The minimum atomic E-state index is -0.290. The Morgan fingerprint density at radius 2 is 1.93 bits per heavy atom. The second-order valence-corrected chi connectivity index (χ2v) is 7.32. The lowest BCUT2D eigenvalue weighted by atomic mass is 10.0. The maximum Gasteiger partial charge on any atom is 0.409 e. The summed E-state index contributed by atoms with van der Waals surface area (Å²) in [7, 11) is 0. The highest BCUT2D eigenvalue weighted by Gasteiger charge is 2.26. The second kappa shape index (κ2) is 10.7. The predicted molar refractivity (Wildman–Crippen MR) is 114 cm³/mol. The van der Waals surface area contributed by atoms with Crippen LogP contribution in [0, 0.1) is 0 Å². The van der Waals surface area contributed by atoms with Gasteiger partial charge >= 0.3 is 6.09 Å². The van der Waals surface area contributed by atoms with Crippen molar-refractivity contribution in [3.63, 3.8) is 0 Å². The number of ether oxygens (including phenoxy) is 2. The van der Waals surface area contributed by atoms with Gasteiger partial charge in [-0.3, -0.25) is 9.89 Å². The summed E-state index contributed by atoms with van der Waals surface area (Å²) >= 11 is 0. The van der Waals surface area contributed by atoms with E-state index in [9.17, 15) is 9.59 Å². The minimum absolute atomic E-state index is 0.0141. The number of hydrogen-bond acceptors (Lipinski definition) is 5. The summed E-state index contributed by atoms with van der Waals surface area (Å²) in [5.74, 6) is 0.641. The molecule has 1 aromatic heterocycles. The number of rotatable bonds is 8. The largest absolute Gasteiger partial charge is 0.494 e. The van der Waals surface area contributed by atoms with Crippen molar-refractivity contribution >= 4 is 12.0 Å². The fourth-order valence-electron chi connectivity index (χ4n) is 3.41. The number of aromatic nitrogens is 2. The van der Waals surface area contributed by atoms with Crippen molar-refractivity contribution in [2.24, 2.45) is 0 Å². The van der Waals surface area contributed by atoms with Gasteiger partial charge in [-0.05, 0) is 50.5 Å². The molecule has 162 valence electrons. The predicted octanol–water partition coefficient (Wildman–Crippen LogP) is 3.61. The van der Waals surface area contributed by atoms with Crippen LogP contribution in [0.1, 0.15) is 49.9 Å². The Kier molecular flexibility index (Phi) is 7.70. The summed E-state index contributed by atoms with van der Waals surface area (Å²) in [6, 6.07) is 7.66. The van der Waals surface area contributed by atoms with Crippen LogP contribution in [0.5, 0.6) is 5.75 Å². The number of nitrogens with one attached hydrogen (secondary N) is 2. The summed E-state index contributed by atoms with van der Waals surface area (Å²) < 4.78 is 10.7. The van der Waals surface area contributed by atoms with Crippen molar-refractivity contribution in [2.75, 3.05) is 26.3 Å². The molecule has 0 atom stereocenters. The van der Waals surface area contributed by atoms with Crippen LogP contribution < -0.4 is 10.1 Å². The number of amides is 2. The van der Waals surface area contributed by atoms with E-state index in [-0.39, 0.29) is 18.0 Å². The number of aromatic amines is 1. The zero-order valence-electron chi connectivity index (χ0n) is 17.6. The molecule has 1 aliphatic rings. The molecule has 8 heteroatoms. The molecule has 2 N–H and O–H groups in total. The number of carbonyl (C=O) groups excluding carboxylic acids is 2. The van der Waals surface area contributed by atoms with E-state index in [0.717, 1.165) is 24.2 Å². The van der Waals surface area contributed by atoms with Crippen molar-refractivity contribution in [3.05, 3.63) is 36.0 Å². The fraction of sp³-hybridized carbons (Fsp3) is 0.500. The van der Waals surface area contributed by atoms with Gasteiger partial charge in [0.1, 0.15) is 5.75 Å². The van der Waals surface area contributed by atoms with E-state index in [1.165, 1.54) is 0 Å². The van der Waals surface area contributed by atoms with Crippen molar-refractivity contribution in [2.45, 2.75) is 45.6 Å². The Balaban J connectivity index is 1.57. The van der Waals surface area contributed by atoms with E-state index in [4.69, 9.17) is 9.47 Å². The van der Waals surface area contributed by atoms with E-state index >= 15 is 0 Å². The molecular formula is C22H30N4O4. The monoisotopic (exact) mass is 414 g/mol. The van der Waals surface area contributed by atoms with Gasteiger partial charge in [0.15, 0.2) is 0 Å². The van der Waals surface area contributed by atoms with Crippen LogP contribution >= 0.6 is 0 Å². The number of carbonyl (C=O) groups is 2. The first kappa shape index (κ1) is 21.7. The summed E-state index contributed by atoms with van der Waals surface area (Å²) in [5, 5.41) is 10.1. The molecule has 1 fully saturated rings. The molecule has 1 saturated heterocycles. The first-order chi connectivity index (χ1) is 14.6. The smallest absolute Gasteiger partial charge is 0.409 e. The van der Waals surface area contributed by atoms with Gasteiger partial charge in [-0.1, -0.05) is 13.3 Å². The Morgan fingerprint density at radius 3 is 2.60 bits per heavy atom. The highest BCUT2D eigenvalue weighted by molar-refractivity contribution is 5.99. The number of piperidine rings is 1. The molecule has 3 rings (SSSR count). The lowest BCUT2D eigenvalue weighted by Crippen LogP contribution is -2.46. The number of unbranched alkanes of at least 4 members (excludes halogenated alkanes) is 1. The molecule has 1 aliphatic heterocycles. The number of hydrogen-bond donors (Lipinski definition) is 2. The Hall–Kier alpha value is -3.03. The van der Waals surface area contributed by atoms with E-state index in [0.29, 0.717) is 50.4 Å². The minimum Gasteiger partial charge on any atom is -0.494 e. The van der Waals surface area contributed by atoms with Gasteiger partial charge < -0.3 is 19.7 Å². The highest BCUT2D eigenvalue weighted by Crippen LogP contribution is 2.24. The molecule has 1 aromatic carbocycles. The van der Waals surface area contributed by atoms with Gasteiger partial charge in [-0.2, -0.15) is 5.10 Å². The first-order valence-corrected chi connectivity index (χ1v) is 10.6. The van der Waals surface area contributed by atoms with Gasteiger partial charge in [-0.15, -0.1) is 0 Å². The van der Waals surface area contributed by atoms with Crippen LogP contribution in [0.2, 0.25) is 0 Å². The molecule has 0 aliphatic carbocycles. The normalized spacial score (nSPS) is 14.4. The first-order valence-electron chi connectivity index (χ1n) is 10.6. The zero-order valence-corrected chi connectivity index (χ0v) is 17.6. The molecule has 30 heavy (non-hydrogen) atoms. The Labute approximate surface area is 176 Å². The van der Waals surface area contributed by atoms with Crippen molar-refractivity contribution < 1.29 is 19.1 Å². The van der Waals surface area contributed by atoms with Gasteiger partial charge in [0.25, 0.3) is 5.91 Å². The van der Waals surface area contributed by atoms with Gasteiger partial charge in [0.2, 0.25) is 0 Å². The summed E-state index contributed by atoms with van der Waals surface area (Å²) in [6.07, 6.45) is 4.76. The summed E-state index contributed by atoms with van der Waals surface area (Å²) in [4.78, 5) is 26.3. The second-order valence-electron chi connectivity index (χ2n) is 7.32. The molecule has 8 nitrogen and oxygen atoms in total. The standard InChI is InChI=1S/C22H30N4O4/c1-3-5-14-30-18-8-6-16(7-9-18)20-19(15-23-25-20)21(27)24-17-10-12-26(13-11-17)22(28)29-4-2/h6-9,15,17H,3-5,10-14H2,1-2H3,(H,23,25)(H,24,27). The molecule has 0 spiro atoms. The maximum atomic E-state index is 12.8. The van der Waals surface area contributed by atoms with E-state index < -0.39 is 0 Å². The lowest BCUT2D eigenvalue weighted by Gasteiger charge is -2.31. The number of H-pyrrole nitrogens is 1. The van der Waals surface area contributed by atoms with Crippen LogP contribution in [0.4, 0.5) is 4.79 Å². The average molecular weight is 415 g/mol. The maximum absolute atomic E-state index is 12.8. The average Bonchev–Trinajstić information content (AvgIpc) is 3.25. The van der Waals surface area contributed by atoms with E-state index in [1.54, 1.807) is 18.0 Å². The van der Waals surface area contributed by atoms with E-state index in [1.807, 2.05) is 24.3 Å². The zero-order chi connectivity index (χ0) is 21.3. The molecule has 0 radical (unpaired) electrons. The molecule has 0 saturated carbocycles. The quantitative estimate of drug-likeness (QED) is 0.643. The van der Waals surface area contributed by atoms with Crippen LogP contribution in [-0.4, -0.2) is 59.4 Å². The lowest BCUT2D eigenvalue weighted by molar-refractivity contribution is 0.0860. The number of benzene rings is 1. The number of likely N-dealkylation sites (tertiary alicyclic amines) is 1. The Morgan fingerprint density at radius 1 is 1.20 bits per heavy atom. The number of nitrogens with zero attached hydrogens (tertiary/aromatic N) is 2. The summed E-state index contributed by atoms with van der Waals surface area (Å²) in [5.41, 5.74) is 2.05. The van der Waals surface area contributed by atoms with Crippen molar-refractivity contribution in [1.29, 1.82) is 0 Å². The van der Waals surface area contributed by atoms with Gasteiger partial charge in [0, 0.05) is 24.7 Å².